The molecule has 3 rings (SSSR count). The average Bonchev–Trinajstić information content (AvgIpc) is 2.80. The maximum Gasteiger partial charge on any atom is 0.228 e. The van der Waals surface area contributed by atoms with Crippen molar-refractivity contribution in [2.45, 2.75) is 6.92 Å². The highest BCUT2D eigenvalue weighted by Gasteiger charge is 2.11. The third kappa shape index (κ3) is 2.17. The predicted octanol–water partition coefficient (Wildman–Crippen LogP) is 4.50. The minimum Gasteiger partial charge on any atom is -0.436 e. The second-order valence-corrected chi connectivity index (χ2v) is 4.84. The molecule has 0 aliphatic rings. The number of aryl methyl sites for hydroxylation is 1. The molecular formula is C15H13ClN2O. The summed E-state index contributed by atoms with van der Waals surface area (Å²) in [6.07, 6.45) is 0. The number of oxazole rings is 1. The molecule has 0 saturated heterocycles. The van der Waals surface area contributed by atoms with Crippen LogP contribution in [-0.2, 0) is 0 Å². The Bertz CT molecular complexity index is 749. The highest BCUT2D eigenvalue weighted by molar-refractivity contribution is 6.33. The normalized spacial score (nSPS) is 10.9. The molecule has 1 heterocycles. The Morgan fingerprint density at radius 3 is 2.74 bits per heavy atom. The van der Waals surface area contributed by atoms with Crippen molar-refractivity contribution in [2.24, 2.45) is 0 Å². The first-order valence-corrected chi connectivity index (χ1v) is 6.40. The van der Waals surface area contributed by atoms with E-state index in [0.717, 1.165) is 27.9 Å². The van der Waals surface area contributed by atoms with Gasteiger partial charge in [-0.2, -0.15) is 0 Å². The lowest BCUT2D eigenvalue weighted by molar-refractivity contribution is 0.620. The molecule has 0 spiro atoms. The fraction of sp³-hybridized carbons (Fsp3) is 0.133. The molecule has 3 nitrogen and oxygen atoms in total. The molecule has 0 unspecified atom stereocenters. The van der Waals surface area contributed by atoms with E-state index in [4.69, 9.17) is 16.0 Å². The molecule has 1 aromatic heterocycles. The van der Waals surface area contributed by atoms with Gasteiger partial charge in [-0.05, 0) is 36.8 Å². The van der Waals surface area contributed by atoms with Crippen molar-refractivity contribution in [1.29, 1.82) is 0 Å². The Morgan fingerprint density at radius 2 is 2.00 bits per heavy atom. The summed E-state index contributed by atoms with van der Waals surface area (Å²) < 4.78 is 5.78. The number of aromatic nitrogens is 1. The number of nitrogens with zero attached hydrogens (tertiary/aromatic N) is 1. The van der Waals surface area contributed by atoms with Gasteiger partial charge in [-0.3, -0.25) is 0 Å². The van der Waals surface area contributed by atoms with Crippen LogP contribution in [0.5, 0.6) is 0 Å². The van der Waals surface area contributed by atoms with Crippen LogP contribution in [0, 0.1) is 6.92 Å². The van der Waals surface area contributed by atoms with Gasteiger partial charge in [0.25, 0.3) is 0 Å². The molecule has 0 radical (unpaired) electrons. The molecule has 0 bridgehead atoms. The van der Waals surface area contributed by atoms with E-state index in [1.165, 1.54) is 0 Å². The van der Waals surface area contributed by atoms with E-state index in [2.05, 4.69) is 10.3 Å². The third-order valence-electron chi connectivity index (χ3n) is 3.03. The summed E-state index contributed by atoms with van der Waals surface area (Å²) in [6, 6.07) is 11.6. The highest BCUT2D eigenvalue weighted by atomic mass is 35.5. The molecule has 0 fully saturated rings. The first-order valence-electron chi connectivity index (χ1n) is 6.02. The summed E-state index contributed by atoms with van der Waals surface area (Å²) in [4.78, 5) is 4.47. The molecule has 4 heteroatoms. The number of hydrogen-bond donors (Lipinski definition) is 1. The number of halogens is 1. The van der Waals surface area contributed by atoms with Crippen molar-refractivity contribution in [2.75, 3.05) is 12.4 Å². The van der Waals surface area contributed by atoms with Gasteiger partial charge in [-0.1, -0.05) is 17.7 Å². The Kier molecular flexibility index (Phi) is 2.91. The van der Waals surface area contributed by atoms with Crippen LogP contribution in [0.1, 0.15) is 5.56 Å². The molecule has 96 valence electrons. The molecule has 0 saturated carbocycles. The van der Waals surface area contributed by atoms with Crippen LogP contribution in [-0.4, -0.2) is 12.0 Å². The van der Waals surface area contributed by atoms with Crippen molar-refractivity contribution < 1.29 is 4.42 Å². The van der Waals surface area contributed by atoms with Crippen LogP contribution in [0.2, 0.25) is 5.02 Å². The Morgan fingerprint density at radius 1 is 1.16 bits per heavy atom. The van der Waals surface area contributed by atoms with Gasteiger partial charge in [0.1, 0.15) is 5.52 Å². The van der Waals surface area contributed by atoms with Crippen LogP contribution < -0.4 is 5.32 Å². The van der Waals surface area contributed by atoms with Crippen molar-refractivity contribution in [3.63, 3.8) is 0 Å². The number of hydrogen-bond acceptors (Lipinski definition) is 3. The summed E-state index contributed by atoms with van der Waals surface area (Å²) in [5, 5.41) is 3.73. The molecule has 0 amide bonds. The summed E-state index contributed by atoms with van der Waals surface area (Å²) in [7, 11) is 1.87. The van der Waals surface area contributed by atoms with Crippen LogP contribution in [0.25, 0.3) is 22.6 Å². The lowest BCUT2D eigenvalue weighted by atomic mass is 10.1. The van der Waals surface area contributed by atoms with Gasteiger partial charge >= 0.3 is 0 Å². The van der Waals surface area contributed by atoms with Crippen LogP contribution in [0.15, 0.2) is 40.8 Å². The number of benzene rings is 2. The molecule has 3 aromatic rings. The monoisotopic (exact) mass is 272 g/mol. The van der Waals surface area contributed by atoms with E-state index in [-0.39, 0.29) is 0 Å². The number of rotatable bonds is 2. The lowest BCUT2D eigenvalue weighted by Crippen LogP contribution is -1.85. The van der Waals surface area contributed by atoms with E-state index >= 15 is 0 Å². The second-order valence-electron chi connectivity index (χ2n) is 4.43. The largest absolute Gasteiger partial charge is 0.436 e. The minimum absolute atomic E-state index is 0.549. The summed E-state index contributed by atoms with van der Waals surface area (Å²) in [6.45, 7) is 2.00. The van der Waals surface area contributed by atoms with E-state index in [0.29, 0.717) is 10.9 Å². The smallest absolute Gasteiger partial charge is 0.228 e. The molecule has 0 atom stereocenters. The summed E-state index contributed by atoms with van der Waals surface area (Å²) >= 11 is 6.24. The van der Waals surface area contributed by atoms with E-state index in [1.54, 1.807) is 0 Å². The van der Waals surface area contributed by atoms with Gasteiger partial charge < -0.3 is 9.73 Å². The molecule has 0 aliphatic heterocycles. The number of fused-ring (bicyclic) bond motifs is 1. The topological polar surface area (TPSA) is 38.1 Å². The zero-order valence-corrected chi connectivity index (χ0v) is 11.5. The zero-order chi connectivity index (χ0) is 13.4. The fourth-order valence-corrected chi connectivity index (χ4v) is 2.30. The molecule has 2 aromatic carbocycles. The fourth-order valence-electron chi connectivity index (χ4n) is 1.99. The van der Waals surface area contributed by atoms with Crippen LogP contribution in [0.3, 0.4) is 0 Å². The molecule has 1 N–H and O–H groups in total. The van der Waals surface area contributed by atoms with Gasteiger partial charge in [-0.25, -0.2) is 4.98 Å². The highest BCUT2D eigenvalue weighted by Crippen LogP contribution is 2.31. The van der Waals surface area contributed by atoms with Crippen LogP contribution >= 0.6 is 11.6 Å². The lowest BCUT2D eigenvalue weighted by Gasteiger charge is -2.00. The summed E-state index contributed by atoms with van der Waals surface area (Å²) in [5.41, 5.74) is 4.49. The maximum atomic E-state index is 6.24. The SMILES string of the molecule is CNc1ccc2nc(-c3ccc(C)cc3Cl)oc2c1. The molecule has 0 aliphatic carbocycles. The Hall–Kier alpha value is -2.00. The van der Waals surface area contributed by atoms with Gasteiger partial charge in [-0.15, -0.1) is 0 Å². The number of anilines is 1. The Balaban J connectivity index is 2.14. The minimum atomic E-state index is 0.549. The standard InChI is InChI=1S/C15H13ClN2O/c1-9-3-5-11(12(16)7-9)15-18-13-6-4-10(17-2)8-14(13)19-15/h3-8,17H,1-2H3. The quantitative estimate of drug-likeness (QED) is 0.746. The van der Waals surface area contributed by atoms with E-state index in [9.17, 15) is 0 Å². The molecular weight excluding hydrogens is 260 g/mol. The van der Waals surface area contributed by atoms with E-state index in [1.807, 2.05) is 50.4 Å². The average molecular weight is 273 g/mol. The predicted molar refractivity (Wildman–Crippen MR) is 78.7 cm³/mol. The third-order valence-corrected chi connectivity index (χ3v) is 3.34. The van der Waals surface area contributed by atoms with E-state index < -0.39 is 0 Å². The van der Waals surface area contributed by atoms with Gasteiger partial charge in [0, 0.05) is 18.8 Å². The van der Waals surface area contributed by atoms with Crippen molar-refractivity contribution >= 4 is 28.4 Å². The van der Waals surface area contributed by atoms with Gasteiger partial charge in [0.2, 0.25) is 5.89 Å². The zero-order valence-electron chi connectivity index (χ0n) is 10.7. The Labute approximate surface area is 116 Å². The summed E-state index contributed by atoms with van der Waals surface area (Å²) in [5.74, 6) is 0.549. The van der Waals surface area contributed by atoms with Gasteiger partial charge in [0.05, 0.1) is 10.6 Å². The van der Waals surface area contributed by atoms with Gasteiger partial charge in [0.15, 0.2) is 5.58 Å². The second kappa shape index (κ2) is 4.59. The van der Waals surface area contributed by atoms with Crippen molar-refractivity contribution in [3.8, 4) is 11.5 Å². The molecule has 19 heavy (non-hydrogen) atoms. The van der Waals surface area contributed by atoms with Crippen LogP contribution in [0.4, 0.5) is 5.69 Å². The first-order chi connectivity index (χ1) is 9.17. The van der Waals surface area contributed by atoms with Crippen molar-refractivity contribution in [3.05, 3.63) is 47.0 Å². The first kappa shape index (κ1) is 12.1. The maximum absolute atomic E-state index is 6.24. The number of nitrogens with one attached hydrogen (secondary N) is 1. The van der Waals surface area contributed by atoms with Crippen molar-refractivity contribution in [1.82, 2.24) is 4.98 Å².